The maximum Gasteiger partial charge on any atom is 0.277 e. The molecule has 8 heteroatoms. The summed E-state index contributed by atoms with van der Waals surface area (Å²) in [4.78, 5) is 25.5. The summed E-state index contributed by atoms with van der Waals surface area (Å²) in [5, 5.41) is 11.5. The summed E-state index contributed by atoms with van der Waals surface area (Å²) in [7, 11) is 5.24. The van der Waals surface area contributed by atoms with Gasteiger partial charge in [-0.1, -0.05) is 17.3 Å². The maximum absolute atomic E-state index is 12.4. The Morgan fingerprint density at radius 3 is 2.79 bits per heavy atom. The van der Waals surface area contributed by atoms with E-state index in [2.05, 4.69) is 15.6 Å². The highest BCUT2D eigenvalue weighted by Gasteiger charge is 2.15. The molecule has 0 saturated heterocycles. The van der Waals surface area contributed by atoms with Crippen LogP contribution in [0, 0.1) is 0 Å². The third-order valence-corrected chi connectivity index (χ3v) is 3.71. The molecule has 2 aromatic heterocycles. The minimum Gasteiger partial charge on any atom is -0.349 e. The van der Waals surface area contributed by atoms with Gasteiger partial charge in [-0.15, -0.1) is 5.10 Å². The Morgan fingerprint density at radius 2 is 2.04 bits per heavy atom. The molecule has 0 spiro atoms. The van der Waals surface area contributed by atoms with Crippen LogP contribution in [0.5, 0.6) is 0 Å². The van der Waals surface area contributed by atoms with Gasteiger partial charge < -0.3 is 14.8 Å². The van der Waals surface area contributed by atoms with E-state index in [1.54, 1.807) is 14.1 Å². The number of carbonyl (C=O) groups is 2. The highest BCUT2D eigenvalue weighted by molar-refractivity contribution is 6.07. The first-order valence-corrected chi connectivity index (χ1v) is 7.41. The molecule has 3 aromatic rings. The van der Waals surface area contributed by atoms with Gasteiger partial charge in [0.05, 0.1) is 17.4 Å². The fourth-order valence-corrected chi connectivity index (χ4v) is 2.40. The average Bonchev–Trinajstić information content (AvgIpc) is 3.15. The molecule has 0 fully saturated rings. The average molecular weight is 326 g/mol. The van der Waals surface area contributed by atoms with Crippen molar-refractivity contribution < 1.29 is 9.59 Å². The molecule has 1 aromatic carbocycles. The maximum atomic E-state index is 12.4. The van der Waals surface area contributed by atoms with Crippen LogP contribution in [0.3, 0.4) is 0 Å². The highest BCUT2D eigenvalue weighted by Crippen LogP contribution is 2.24. The Hall–Kier alpha value is -3.16. The van der Waals surface area contributed by atoms with E-state index in [1.807, 2.05) is 42.1 Å². The van der Waals surface area contributed by atoms with Crippen LogP contribution < -0.4 is 5.32 Å². The van der Waals surface area contributed by atoms with Crippen LogP contribution in [0.4, 0.5) is 5.69 Å². The number of amides is 2. The van der Waals surface area contributed by atoms with Crippen molar-refractivity contribution in [2.75, 3.05) is 19.4 Å². The molecule has 3 rings (SSSR count). The van der Waals surface area contributed by atoms with Crippen molar-refractivity contribution in [3.05, 3.63) is 42.4 Å². The third-order valence-electron chi connectivity index (χ3n) is 3.71. The lowest BCUT2D eigenvalue weighted by Crippen LogP contribution is -2.26. The molecule has 0 aliphatic heterocycles. The van der Waals surface area contributed by atoms with Gasteiger partial charge >= 0.3 is 0 Å². The number of anilines is 1. The summed E-state index contributed by atoms with van der Waals surface area (Å²) in [6, 6.07) is 7.67. The van der Waals surface area contributed by atoms with E-state index in [4.69, 9.17) is 0 Å². The Balaban J connectivity index is 1.79. The van der Waals surface area contributed by atoms with Gasteiger partial charge in [-0.2, -0.15) is 0 Å². The van der Waals surface area contributed by atoms with E-state index in [0.717, 1.165) is 10.9 Å². The molecule has 0 bridgehead atoms. The van der Waals surface area contributed by atoms with E-state index >= 15 is 0 Å². The summed E-state index contributed by atoms with van der Waals surface area (Å²) >= 11 is 0. The largest absolute Gasteiger partial charge is 0.349 e. The van der Waals surface area contributed by atoms with Crippen molar-refractivity contribution in [2.45, 2.75) is 6.54 Å². The number of nitrogens with zero attached hydrogens (tertiary/aromatic N) is 5. The van der Waals surface area contributed by atoms with Gasteiger partial charge in [0.1, 0.15) is 6.54 Å². The quantitative estimate of drug-likeness (QED) is 0.778. The fourth-order valence-electron chi connectivity index (χ4n) is 2.40. The zero-order valence-corrected chi connectivity index (χ0v) is 13.7. The normalized spacial score (nSPS) is 10.8. The number of para-hydroxylation sites is 1. The van der Waals surface area contributed by atoms with Gasteiger partial charge in [0.2, 0.25) is 5.91 Å². The lowest BCUT2D eigenvalue weighted by molar-refractivity contribution is -0.129. The van der Waals surface area contributed by atoms with Crippen LogP contribution in [0.25, 0.3) is 10.9 Å². The van der Waals surface area contributed by atoms with Gasteiger partial charge in [-0.3, -0.25) is 9.59 Å². The van der Waals surface area contributed by atoms with Crippen molar-refractivity contribution in [3.8, 4) is 0 Å². The first-order chi connectivity index (χ1) is 11.5. The molecular weight excluding hydrogens is 308 g/mol. The van der Waals surface area contributed by atoms with E-state index in [1.165, 1.54) is 15.8 Å². The summed E-state index contributed by atoms with van der Waals surface area (Å²) in [5.41, 5.74) is 1.79. The second-order valence-electron chi connectivity index (χ2n) is 5.71. The molecule has 0 radical (unpaired) electrons. The Bertz CT molecular complexity index is 908. The van der Waals surface area contributed by atoms with Gasteiger partial charge in [0, 0.05) is 32.7 Å². The van der Waals surface area contributed by atoms with E-state index in [-0.39, 0.29) is 24.1 Å². The van der Waals surface area contributed by atoms with Crippen molar-refractivity contribution in [2.24, 2.45) is 7.05 Å². The summed E-state index contributed by atoms with van der Waals surface area (Å²) in [6.45, 7) is 0.0423. The standard InChI is InChI=1S/C16H18N6O2/c1-20(2)14(23)10-22-9-13(18-19-22)16(24)17-12-6-4-5-11-7-8-21(3)15(11)12/h4-9H,10H2,1-3H3,(H,17,24). The number of carbonyl (C=O) groups excluding carboxylic acids is 2. The van der Waals surface area contributed by atoms with Crippen molar-refractivity contribution >= 4 is 28.4 Å². The lowest BCUT2D eigenvalue weighted by Gasteiger charge is -2.09. The topological polar surface area (TPSA) is 85.0 Å². The predicted molar refractivity (Wildman–Crippen MR) is 89.6 cm³/mol. The zero-order valence-electron chi connectivity index (χ0n) is 13.7. The molecule has 8 nitrogen and oxygen atoms in total. The van der Waals surface area contributed by atoms with Crippen molar-refractivity contribution in [3.63, 3.8) is 0 Å². The molecule has 0 saturated carbocycles. The fraction of sp³-hybridized carbons (Fsp3) is 0.250. The van der Waals surface area contributed by atoms with Gasteiger partial charge in [-0.25, -0.2) is 4.68 Å². The minimum absolute atomic E-state index is 0.0423. The Kier molecular flexibility index (Phi) is 4.03. The molecule has 2 heterocycles. The first-order valence-electron chi connectivity index (χ1n) is 7.41. The number of benzene rings is 1. The van der Waals surface area contributed by atoms with Gasteiger partial charge in [-0.05, 0) is 12.1 Å². The minimum atomic E-state index is -0.368. The number of hydrogen-bond acceptors (Lipinski definition) is 4. The molecule has 24 heavy (non-hydrogen) atoms. The summed E-state index contributed by atoms with van der Waals surface area (Å²) < 4.78 is 3.29. The van der Waals surface area contributed by atoms with Crippen LogP contribution in [-0.4, -0.2) is 50.4 Å². The monoisotopic (exact) mass is 326 g/mol. The number of aromatic nitrogens is 4. The van der Waals surface area contributed by atoms with Crippen LogP contribution in [-0.2, 0) is 18.4 Å². The second-order valence-corrected chi connectivity index (χ2v) is 5.71. The molecule has 0 atom stereocenters. The highest BCUT2D eigenvalue weighted by atomic mass is 16.2. The number of hydrogen-bond donors (Lipinski definition) is 1. The van der Waals surface area contributed by atoms with Crippen LogP contribution in [0.1, 0.15) is 10.5 Å². The summed E-state index contributed by atoms with van der Waals surface area (Å²) in [6.07, 6.45) is 3.39. The lowest BCUT2D eigenvalue weighted by atomic mass is 10.2. The first kappa shape index (κ1) is 15.7. The molecule has 124 valence electrons. The summed E-state index contributed by atoms with van der Waals surface area (Å²) in [5.74, 6) is -0.493. The predicted octanol–water partition coefficient (Wildman–Crippen LogP) is 1.11. The molecule has 0 unspecified atom stereocenters. The smallest absolute Gasteiger partial charge is 0.277 e. The van der Waals surface area contributed by atoms with Gasteiger partial charge in [0.25, 0.3) is 5.91 Å². The molecular formula is C16H18N6O2. The third kappa shape index (κ3) is 2.98. The Morgan fingerprint density at radius 1 is 1.25 bits per heavy atom. The van der Waals surface area contributed by atoms with E-state index < -0.39 is 0 Å². The molecule has 1 N–H and O–H groups in total. The van der Waals surface area contributed by atoms with Crippen LogP contribution in [0.2, 0.25) is 0 Å². The zero-order chi connectivity index (χ0) is 17.3. The number of rotatable bonds is 4. The molecule has 2 amide bonds. The number of fused-ring (bicyclic) bond motifs is 1. The van der Waals surface area contributed by atoms with Crippen LogP contribution >= 0.6 is 0 Å². The molecule has 0 aliphatic rings. The molecule has 0 aliphatic carbocycles. The Labute approximate surface area is 138 Å². The number of aryl methyl sites for hydroxylation is 1. The SMILES string of the molecule is CN(C)C(=O)Cn1cc(C(=O)Nc2cccc3ccn(C)c23)nn1. The van der Waals surface area contributed by atoms with E-state index in [0.29, 0.717) is 5.69 Å². The van der Waals surface area contributed by atoms with Crippen molar-refractivity contribution in [1.82, 2.24) is 24.5 Å². The van der Waals surface area contributed by atoms with Crippen molar-refractivity contribution in [1.29, 1.82) is 0 Å². The second kappa shape index (κ2) is 6.15. The van der Waals surface area contributed by atoms with E-state index in [9.17, 15) is 9.59 Å². The number of nitrogens with one attached hydrogen (secondary N) is 1. The van der Waals surface area contributed by atoms with Gasteiger partial charge in [0.15, 0.2) is 5.69 Å². The number of likely N-dealkylation sites (N-methyl/N-ethyl adjacent to an activating group) is 1. The van der Waals surface area contributed by atoms with Crippen LogP contribution in [0.15, 0.2) is 36.7 Å².